The smallest absolute Gasteiger partial charge is 0.238 e. The summed E-state index contributed by atoms with van der Waals surface area (Å²) >= 11 is 0. The molecular weight excluding hydrogens is 262 g/mol. The molecule has 5 heteroatoms. The highest BCUT2D eigenvalue weighted by Crippen LogP contribution is 2.12. The zero-order valence-electron chi connectivity index (χ0n) is 11.3. The molecule has 0 radical (unpaired) electrons. The van der Waals surface area contributed by atoms with E-state index < -0.39 is 0 Å². The number of nitrogens with one attached hydrogen (secondary N) is 1. The van der Waals surface area contributed by atoms with Crippen molar-refractivity contribution in [3.05, 3.63) is 29.8 Å². The molecule has 1 atom stereocenters. The highest BCUT2D eigenvalue weighted by molar-refractivity contribution is 5.92. The Morgan fingerprint density at radius 2 is 2.32 bits per heavy atom. The van der Waals surface area contributed by atoms with Crippen LogP contribution in [-0.2, 0) is 11.2 Å². The van der Waals surface area contributed by atoms with E-state index in [-0.39, 0.29) is 24.4 Å². The van der Waals surface area contributed by atoms with Crippen LogP contribution in [0.5, 0.6) is 0 Å². The van der Waals surface area contributed by atoms with Crippen molar-refractivity contribution in [2.24, 2.45) is 5.73 Å². The fourth-order valence-electron chi connectivity index (χ4n) is 2.28. The average Bonchev–Trinajstić information content (AvgIpc) is 2.74. The van der Waals surface area contributed by atoms with Crippen molar-refractivity contribution in [2.45, 2.75) is 25.8 Å². The topological polar surface area (TPSA) is 58.4 Å². The number of nitrogens with two attached hydrogens (primary N) is 1. The third-order valence-corrected chi connectivity index (χ3v) is 3.30. The van der Waals surface area contributed by atoms with Crippen LogP contribution >= 0.6 is 12.4 Å². The maximum absolute atomic E-state index is 11.9. The molecule has 3 N–H and O–H groups in total. The molecule has 0 aromatic heterocycles. The van der Waals surface area contributed by atoms with Crippen LogP contribution in [-0.4, -0.2) is 36.5 Å². The number of carbonyl (C=O) groups excluding carboxylic acids is 1. The molecule has 1 aliphatic heterocycles. The van der Waals surface area contributed by atoms with Crippen molar-refractivity contribution < 1.29 is 4.79 Å². The standard InChI is InChI=1S/C14H21N3O.ClH/c1-2-11-4-3-5-13(8-11)16-14(18)10-17-7-6-12(15)9-17;/h3-5,8,12H,2,6-7,9-10,15H2,1H3,(H,16,18);1H. The summed E-state index contributed by atoms with van der Waals surface area (Å²) in [5, 5.41) is 2.94. The van der Waals surface area contributed by atoms with Gasteiger partial charge in [-0.2, -0.15) is 0 Å². The van der Waals surface area contributed by atoms with Crippen molar-refractivity contribution in [3.8, 4) is 0 Å². The Bertz CT molecular complexity index is 425. The maximum Gasteiger partial charge on any atom is 0.238 e. The lowest BCUT2D eigenvalue weighted by Gasteiger charge is -2.14. The molecule has 1 saturated heterocycles. The lowest BCUT2D eigenvalue weighted by atomic mass is 10.1. The van der Waals surface area contributed by atoms with Gasteiger partial charge in [0.2, 0.25) is 5.91 Å². The van der Waals surface area contributed by atoms with Crippen molar-refractivity contribution in [3.63, 3.8) is 0 Å². The fraction of sp³-hybridized carbons (Fsp3) is 0.500. The van der Waals surface area contributed by atoms with Gasteiger partial charge in [0.25, 0.3) is 0 Å². The zero-order chi connectivity index (χ0) is 13.0. The van der Waals surface area contributed by atoms with E-state index in [4.69, 9.17) is 5.73 Å². The minimum Gasteiger partial charge on any atom is -0.326 e. The Balaban J connectivity index is 0.00000180. The molecule has 1 aromatic carbocycles. The van der Waals surface area contributed by atoms with E-state index in [1.807, 2.05) is 18.2 Å². The summed E-state index contributed by atoms with van der Waals surface area (Å²) in [6.45, 7) is 4.28. The number of likely N-dealkylation sites (tertiary alicyclic amines) is 1. The van der Waals surface area contributed by atoms with Gasteiger partial charge in [-0.05, 0) is 30.5 Å². The third kappa shape index (κ3) is 4.82. The van der Waals surface area contributed by atoms with E-state index in [1.54, 1.807) is 0 Å². The largest absolute Gasteiger partial charge is 0.326 e. The Kier molecular flexibility index (Phi) is 6.28. The SMILES string of the molecule is CCc1cccc(NC(=O)CN2CCC(N)C2)c1.Cl. The summed E-state index contributed by atoms with van der Waals surface area (Å²) in [7, 11) is 0. The highest BCUT2D eigenvalue weighted by Gasteiger charge is 2.20. The van der Waals surface area contributed by atoms with E-state index in [0.29, 0.717) is 6.54 Å². The van der Waals surface area contributed by atoms with Crippen LogP contribution in [0.25, 0.3) is 0 Å². The predicted octanol–water partition coefficient (Wildman–Crippen LogP) is 1.64. The zero-order valence-corrected chi connectivity index (χ0v) is 12.1. The molecule has 1 heterocycles. The number of anilines is 1. The number of hydrogen-bond acceptors (Lipinski definition) is 3. The second-order valence-electron chi connectivity index (χ2n) is 4.89. The van der Waals surface area contributed by atoms with Gasteiger partial charge in [-0.3, -0.25) is 9.69 Å². The number of hydrogen-bond donors (Lipinski definition) is 2. The van der Waals surface area contributed by atoms with Gasteiger partial charge in [-0.25, -0.2) is 0 Å². The van der Waals surface area contributed by atoms with Crippen LogP contribution in [0.3, 0.4) is 0 Å². The molecule has 0 bridgehead atoms. The first-order valence-corrected chi connectivity index (χ1v) is 6.54. The van der Waals surface area contributed by atoms with Gasteiger partial charge in [-0.1, -0.05) is 19.1 Å². The molecular formula is C14H22ClN3O. The minimum atomic E-state index is 0. The van der Waals surface area contributed by atoms with E-state index in [1.165, 1.54) is 5.56 Å². The van der Waals surface area contributed by atoms with Crippen LogP contribution in [0.1, 0.15) is 18.9 Å². The lowest BCUT2D eigenvalue weighted by molar-refractivity contribution is -0.117. The van der Waals surface area contributed by atoms with E-state index in [0.717, 1.165) is 31.6 Å². The Morgan fingerprint density at radius 3 is 2.95 bits per heavy atom. The van der Waals surface area contributed by atoms with E-state index in [2.05, 4.69) is 23.2 Å². The molecule has 106 valence electrons. The van der Waals surface area contributed by atoms with Crippen LogP contribution in [0.4, 0.5) is 5.69 Å². The Morgan fingerprint density at radius 1 is 1.53 bits per heavy atom. The Labute approximate surface area is 120 Å². The first-order valence-electron chi connectivity index (χ1n) is 6.54. The second-order valence-corrected chi connectivity index (χ2v) is 4.89. The molecule has 0 aliphatic carbocycles. The van der Waals surface area contributed by atoms with Crippen LogP contribution in [0.2, 0.25) is 0 Å². The molecule has 0 spiro atoms. The number of aryl methyl sites for hydroxylation is 1. The molecule has 1 amide bonds. The molecule has 1 fully saturated rings. The van der Waals surface area contributed by atoms with Crippen molar-refractivity contribution in [2.75, 3.05) is 25.0 Å². The Hall–Kier alpha value is -1.10. The van der Waals surface area contributed by atoms with Gasteiger partial charge in [0, 0.05) is 24.8 Å². The monoisotopic (exact) mass is 283 g/mol. The van der Waals surface area contributed by atoms with Gasteiger partial charge in [-0.15, -0.1) is 12.4 Å². The van der Waals surface area contributed by atoms with Gasteiger partial charge in [0.15, 0.2) is 0 Å². The van der Waals surface area contributed by atoms with Gasteiger partial charge in [0.05, 0.1) is 6.54 Å². The summed E-state index contributed by atoms with van der Waals surface area (Å²) in [4.78, 5) is 14.0. The van der Waals surface area contributed by atoms with Crippen LogP contribution in [0.15, 0.2) is 24.3 Å². The molecule has 0 saturated carbocycles. The quantitative estimate of drug-likeness (QED) is 0.883. The number of carbonyl (C=O) groups is 1. The summed E-state index contributed by atoms with van der Waals surface area (Å²) < 4.78 is 0. The van der Waals surface area contributed by atoms with Crippen LogP contribution < -0.4 is 11.1 Å². The summed E-state index contributed by atoms with van der Waals surface area (Å²) in [6.07, 6.45) is 1.96. The molecule has 2 rings (SSSR count). The second kappa shape index (κ2) is 7.48. The highest BCUT2D eigenvalue weighted by atomic mass is 35.5. The summed E-state index contributed by atoms with van der Waals surface area (Å²) in [5.41, 5.74) is 7.93. The number of nitrogens with zero attached hydrogens (tertiary/aromatic N) is 1. The summed E-state index contributed by atoms with van der Waals surface area (Å²) in [6, 6.07) is 8.21. The number of rotatable bonds is 4. The molecule has 1 aromatic rings. The first kappa shape index (κ1) is 16.0. The summed E-state index contributed by atoms with van der Waals surface area (Å²) in [5.74, 6) is 0.0392. The van der Waals surface area contributed by atoms with Crippen molar-refractivity contribution in [1.29, 1.82) is 0 Å². The van der Waals surface area contributed by atoms with Gasteiger partial charge >= 0.3 is 0 Å². The fourth-order valence-corrected chi connectivity index (χ4v) is 2.28. The van der Waals surface area contributed by atoms with Crippen molar-refractivity contribution in [1.82, 2.24) is 4.90 Å². The van der Waals surface area contributed by atoms with Crippen LogP contribution in [0, 0.1) is 0 Å². The molecule has 19 heavy (non-hydrogen) atoms. The molecule has 1 aliphatic rings. The van der Waals surface area contributed by atoms with E-state index >= 15 is 0 Å². The van der Waals surface area contributed by atoms with Crippen molar-refractivity contribution >= 4 is 24.0 Å². The molecule has 4 nitrogen and oxygen atoms in total. The normalized spacial score (nSPS) is 18.9. The first-order chi connectivity index (χ1) is 8.67. The third-order valence-electron chi connectivity index (χ3n) is 3.30. The van der Waals surface area contributed by atoms with Gasteiger partial charge < -0.3 is 11.1 Å². The lowest BCUT2D eigenvalue weighted by Crippen LogP contribution is -2.33. The minimum absolute atomic E-state index is 0. The average molecular weight is 284 g/mol. The van der Waals surface area contributed by atoms with E-state index in [9.17, 15) is 4.79 Å². The maximum atomic E-state index is 11.9. The number of halogens is 1. The molecule has 1 unspecified atom stereocenters. The predicted molar refractivity (Wildman–Crippen MR) is 80.7 cm³/mol. The van der Waals surface area contributed by atoms with Gasteiger partial charge in [0.1, 0.15) is 0 Å². The number of amides is 1. The number of benzene rings is 1.